The lowest BCUT2D eigenvalue weighted by molar-refractivity contribution is -0.127. The van der Waals surface area contributed by atoms with E-state index < -0.39 is 0 Å². The van der Waals surface area contributed by atoms with Crippen molar-refractivity contribution in [2.75, 3.05) is 26.4 Å². The molecule has 1 aliphatic rings. The molecule has 0 spiro atoms. The number of hydrogen-bond acceptors (Lipinski definition) is 4. The zero-order valence-corrected chi connectivity index (χ0v) is 13.8. The van der Waals surface area contributed by atoms with Gasteiger partial charge in [-0.3, -0.25) is 9.59 Å². The molecule has 1 N–H and O–H groups in total. The van der Waals surface area contributed by atoms with Gasteiger partial charge in [-0.1, -0.05) is 6.07 Å². The summed E-state index contributed by atoms with van der Waals surface area (Å²) in [5, 5.41) is 2.81. The van der Waals surface area contributed by atoms with Gasteiger partial charge in [0.1, 0.15) is 6.61 Å². The Balaban J connectivity index is 1.57. The molecule has 6 heteroatoms. The second kappa shape index (κ2) is 9.47. The van der Waals surface area contributed by atoms with Crippen LogP contribution in [0.15, 0.2) is 23.0 Å². The molecule has 1 aliphatic heterocycles. The Hall–Kier alpha value is -1.66. The van der Waals surface area contributed by atoms with Gasteiger partial charge in [-0.05, 0) is 38.7 Å². The smallest absolute Gasteiger partial charge is 0.250 e. The van der Waals surface area contributed by atoms with E-state index >= 15 is 0 Å². The first kappa shape index (κ1) is 17.7. The van der Waals surface area contributed by atoms with Crippen LogP contribution < -0.4 is 10.9 Å². The van der Waals surface area contributed by atoms with Crippen LogP contribution in [0.5, 0.6) is 0 Å². The number of aromatic nitrogens is 1. The zero-order chi connectivity index (χ0) is 16.5. The van der Waals surface area contributed by atoms with Gasteiger partial charge in [0.15, 0.2) is 0 Å². The molecule has 1 aromatic rings. The number of pyridine rings is 1. The molecule has 1 fully saturated rings. The topological polar surface area (TPSA) is 69.6 Å². The largest absolute Gasteiger partial charge is 0.376 e. The highest BCUT2D eigenvalue weighted by atomic mass is 16.5. The molecule has 0 radical (unpaired) electrons. The third-order valence-electron chi connectivity index (χ3n) is 3.96. The normalized spacial score (nSPS) is 17.9. The van der Waals surface area contributed by atoms with Crippen LogP contribution in [0.25, 0.3) is 0 Å². The van der Waals surface area contributed by atoms with Gasteiger partial charge < -0.3 is 19.4 Å². The van der Waals surface area contributed by atoms with Gasteiger partial charge in [0.2, 0.25) is 5.91 Å². The number of amides is 1. The number of carbonyl (C=O) groups excluding carboxylic acids is 1. The van der Waals surface area contributed by atoms with E-state index in [1.807, 2.05) is 13.0 Å². The van der Waals surface area contributed by atoms with E-state index in [9.17, 15) is 9.59 Å². The maximum absolute atomic E-state index is 11.7. The maximum Gasteiger partial charge on any atom is 0.250 e. The van der Waals surface area contributed by atoms with Crippen molar-refractivity contribution in [2.45, 2.75) is 45.3 Å². The molecule has 2 heterocycles. The molecule has 6 nitrogen and oxygen atoms in total. The van der Waals surface area contributed by atoms with Gasteiger partial charge in [0, 0.05) is 31.5 Å². The highest BCUT2D eigenvalue weighted by Crippen LogP contribution is 2.12. The van der Waals surface area contributed by atoms with E-state index in [2.05, 4.69) is 5.32 Å². The number of carbonyl (C=O) groups is 1. The van der Waals surface area contributed by atoms with Crippen LogP contribution in [-0.2, 0) is 20.8 Å². The number of nitrogens with one attached hydrogen (secondary N) is 1. The molecule has 23 heavy (non-hydrogen) atoms. The third kappa shape index (κ3) is 6.15. The number of ether oxygens (including phenoxy) is 2. The average molecular weight is 322 g/mol. The monoisotopic (exact) mass is 322 g/mol. The Bertz CT molecular complexity index is 550. The number of nitrogens with zero attached hydrogens (tertiary/aromatic N) is 1. The fourth-order valence-corrected chi connectivity index (χ4v) is 2.65. The van der Waals surface area contributed by atoms with Gasteiger partial charge in [0.25, 0.3) is 5.56 Å². The van der Waals surface area contributed by atoms with E-state index in [-0.39, 0.29) is 24.2 Å². The fourth-order valence-electron chi connectivity index (χ4n) is 2.65. The standard InChI is InChI=1S/C17H26N2O4/c1-14-6-4-8-17(21)19(14)10-5-9-18-16(20)13-22-12-15-7-2-3-11-23-15/h4,6,8,15H,2-3,5,7,9-13H2,1H3,(H,18,20). The second-order valence-electron chi connectivity index (χ2n) is 5.86. The van der Waals surface area contributed by atoms with Crippen LogP contribution in [0.2, 0.25) is 0 Å². The second-order valence-corrected chi connectivity index (χ2v) is 5.86. The number of hydrogen-bond donors (Lipinski definition) is 1. The summed E-state index contributed by atoms with van der Waals surface area (Å²) < 4.78 is 12.6. The average Bonchev–Trinajstić information content (AvgIpc) is 2.55. The Kier molecular flexibility index (Phi) is 7.29. The first-order chi connectivity index (χ1) is 11.2. The van der Waals surface area contributed by atoms with Gasteiger partial charge in [-0.25, -0.2) is 0 Å². The lowest BCUT2D eigenvalue weighted by Crippen LogP contribution is -2.32. The molecule has 0 aliphatic carbocycles. The minimum absolute atomic E-state index is 0.00728. The maximum atomic E-state index is 11.7. The molecule has 1 amide bonds. The predicted octanol–water partition coefficient (Wildman–Crippen LogP) is 1.25. The van der Waals surface area contributed by atoms with E-state index in [0.29, 0.717) is 26.1 Å². The highest BCUT2D eigenvalue weighted by molar-refractivity contribution is 5.77. The summed E-state index contributed by atoms with van der Waals surface area (Å²) in [6.45, 7) is 4.36. The molecular formula is C17H26N2O4. The third-order valence-corrected chi connectivity index (χ3v) is 3.96. The Morgan fingerprint density at radius 3 is 3.04 bits per heavy atom. The van der Waals surface area contributed by atoms with Gasteiger partial charge in [-0.2, -0.15) is 0 Å². The van der Waals surface area contributed by atoms with Crippen molar-refractivity contribution >= 4 is 5.91 Å². The summed E-state index contributed by atoms with van der Waals surface area (Å²) in [6.07, 6.45) is 4.12. The Labute approximate surface area is 136 Å². The van der Waals surface area contributed by atoms with E-state index in [0.717, 1.165) is 25.1 Å². The Morgan fingerprint density at radius 2 is 2.30 bits per heavy atom. The Morgan fingerprint density at radius 1 is 1.43 bits per heavy atom. The van der Waals surface area contributed by atoms with Crippen molar-refractivity contribution in [3.63, 3.8) is 0 Å². The number of rotatable bonds is 8. The fraction of sp³-hybridized carbons (Fsp3) is 0.647. The molecule has 1 unspecified atom stereocenters. The summed E-state index contributed by atoms with van der Waals surface area (Å²) in [4.78, 5) is 23.4. The van der Waals surface area contributed by atoms with E-state index in [1.54, 1.807) is 16.7 Å². The minimum Gasteiger partial charge on any atom is -0.376 e. The van der Waals surface area contributed by atoms with Crippen molar-refractivity contribution in [3.8, 4) is 0 Å². The van der Waals surface area contributed by atoms with Crippen molar-refractivity contribution in [1.82, 2.24) is 9.88 Å². The summed E-state index contributed by atoms with van der Waals surface area (Å²) in [6, 6.07) is 5.21. The summed E-state index contributed by atoms with van der Waals surface area (Å²) >= 11 is 0. The van der Waals surface area contributed by atoms with Crippen LogP contribution in [0, 0.1) is 6.92 Å². The zero-order valence-electron chi connectivity index (χ0n) is 13.8. The first-order valence-corrected chi connectivity index (χ1v) is 8.29. The molecule has 2 rings (SSSR count). The van der Waals surface area contributed by atoms with Gasteiger partial charge >= 0.3 is 0 Å². The predicted molar refractivity (Wildman–Crippen MR) is 87.5 cm³/mol. The van der Waals surface area contributed by atoms with Crippen LogP contribution in [0.1, 0.15) is 31.4 Å². The van der Waals surface area contributed by atoms with Crippen molar-refractivity contribution in [2.24, 2.45) is 0 Å². The summed E-state index contributed by atoms with van der Waals surface area (Å²) in [5.74, 6) is -0.127. The van der Waals surface area contributed by atoms with Crippen LogP contribution in [-0.4, -0.2) is 42.9 Å². The molecule has 0 saturated carbocycles. The highest BCUT2D eigenvalue weighted by Gasteiger charge is 2.14. The molecule has 128 valence electrons. The number of aryl methyl sites for hydroxylation is 1. The molecule has 0 bridgehead atoms. The molecule has 1 saturated heterocycles. The molecule has 1 atom stereocenters. The van der Waals surface area contributed by atoms with E-state index in [1.165, 1.54) is 6.42 Å². The van der Waals surface area contributed by atoms with Crippen molar-refractivity contribution in [3.05, 3.63) is 34.2 Å². The van der Waals surface area contributed by atoms with Crippen LogP contribution in [0.3, 0.4) is 0 Å². The summed E-state index contributed by atoms with van der Waals surface area (Å²) in [7, 11) is 0. The molecule has 0 aromatic carbocycles. The molecular weight excluding hydrogens is 296 g/mol. The van der Waals surface area contributed by atoms with Crippen LogP contribution in [0.4, 0.5) is 0 Å². The molecule has 1 aromatic heterocycles. The van der Waals surface area contributed by atoms with Crippen LogP contribution >= 0.6 is 0 Å². The van der Waals surface area contributed by atoms with Crippen molar-refractivity contribution in [1.29, 1.82) is 0 Å². The lowest BCUT2D eigenvalue weighted by Gasteiger charge is -2.22. The quantitative estimate of drug-likeness (QED) is 0.731. The van der Waals surface area contributed by atoms with Crippen molar-refractivity contribution < 1.29 is 14.3 Å². The lowest BCUT2D eigenvalue weighted by atomic mass is 10.1. The SMILES string of the molecule is Cc1cccc(=O)n1CCCNC(=O)COCC1CCCCO1. The van der Waals surface area contributed by atoms with E-state index in [4.69, 9.17) is 9.47 Å². The first-order valence-electron chi connectivity index (χ1n) is 8.29. The minimum atomic E-state index is -0.127. The summed E-state index contributed by atoms with van der Waals surface area (Å²) in [5.41, 5.74) is 0.923. The van der Waals surface area contributed by atoms with Gasteiger partial charge in [-0.15, -0.1) is 0 Å². The van der Waals surface area contributed by atoms with Gasteiger partial charge in [0.05, 0.1) is 12.7 Å².